The number of anilines is 4. The van der Waals surface area contributed by atoms with E-state index in [9.17, 15) is 0 Å². The summed E-state index contributed by atoms with van der Waals surface area (Å²) in [5.74, 6) is 1.50. The van der Waals surface area contributed by atoms with E-state index in [1.165, 1.54) is 19.3 Å². The van der Waals surface area contributed by atoms with E-state index in [2.05, 4.69) is 52.0 Å². The Kier molecular flexibility index (Phi) is 3.95. The summed E-state index contributed by atoms with van der Waals surface area (Å²) >= 11 is 0. The lowest BCUT2D eigenvalue weighted by atomic mass is 9.65. The van der Waals surface area contributed by atoms with Gasteiger partial charge in [0.2, 0.25) is 0 Å². The van der Waals surface area contributed by atoms with E-state index < -0.39 is 0 Å². The van der Waals surface area contributed by atoms with Crippen LogP contribution in [0.2, 0.25) is 0 Å². The highest BCUT2D eigenvalue weighted by atomic mass is 15.3. The molecule has 2 bridgehead atoms. The Morgan fingerprint density at radius 2 is 1.93 bits per heavy atom. The summed E-state index contributed by atoms with van der Waals surface area (Å²) in [6.07, 6.45) is 7.04. The van der Waals surface area contributed by atoms with Crippen LogP contribution in [-0.2, 0) is 0 Å². The van der Waals surface area contributed by atoms with Gasteiger partial charge >= 0.3 is 0 Å². The fourth-order valence-electron chi connectivity index (χ4n) is 5.76. The molecule has 1 aliphatic carbocycles. The molecular formula is C23H28N6. The van der Waals surface area contributed by atoms with E-state index in [0.29, 0.717) is 28.4 Å². The fourth-order valence-corrected chi connectivity index (χ4v) is 5.76. The second-order valence-electron chi connectivity index (χ2n) is 9.80. The van der Waals surface area contributed by atoms with Gasteiger partial charge in [-0.15, -0.1) is 0 Å². The lowest BCUT2D eigenvalue weighted by Crippen LogP contribution is -2.35. The number of pyridine rings is 1. The predicted molar refractivity (Wildman–Crippen MR) is 118 cm³/mol. The Labute approximate surface area is 171 Å². The van der Waals surface area contributed by atoms with Crippen molar-refractivity contribution in [3.8, 4) is 0 Å². The lowest BCUT2D eigenvalue weighted by molar-refractivity contribution is 0.136. The van der Waals surface area contributed by atoms with E-state index in [0.717, 1.165) is 29.0 Å². The van der Waals surface area contributed by atoms with E-state index in [1.807, 2.05) is 24.3 Å². The largest absolute Gasteiger partial charge is 0.393 e. The monoisotopic (exact) mass is 388 g/mol. The molecule has 2 unspecified atom stereocenters. The van der Waals surface area contributed by atoms with Crippen LogP contribution < -0.4 is 16.0 Å². The molecule has 150 valence electrons. The number of rotatable bonds is 3. The van der Waals surface area contributed by atoms with Gasteiger partial charge in [-0.2, -0.15) is 0 Å². The smallest absolute Gasteiger partial charge is 0.159 e. The minimum Gasteiger partial charge on any atom is -0.393 e. The number of nitrogens with zero attached hydrogens (tertiary/aromatic N) is 4. The minimum atomic E-state index is 0.318. The predicted octanol–water partition coefficient (Wildman–Crippen LogP) is 4.76. The number of hydrogen-bond donors (Lipinski definition) is 2. The van der Waals surface area contributed by atoms with Crippen molar-refractivity contribution < 1.29 is 0 Å². The molecule has 3 N–H and O–H groups in total. The third-order valence-corrected chi connectivity index (χ3v) is 6.45. The maximum absolute atomic E-state index is 6.60. The minimum absolute atomic E-state index is 0.318. The van der Waals surface area contributed by atoms with Crippen molar-refractivity contribution in [3.63, 3.8) is 0 Å². The Bertz CT molecular complexity index is 1070. The van der Waals surface area contributed by atoms with Crippen LogP contribution in [0.1, 0.15) is 40.0 Å². The summed E-state index contributed by atoms with van der Waals surface area (Å²) in [6, 6.07) is 10.5. The molecule has 2 fully saturated rings. The fraction of sp³-hybridized carbons (Fsp3) is 0.435. The van der Waals surface area contributed by atoms with Crippen LogP contribution in [0.5, 0.6) is 0 Å². The van der Waals surface area contributed by atoms with E-state index in [4.69, 9.17) is 5.73 Å². The van der Waals surface area contributed by atoms with Crippen LogP contribution in [0.25, 0.3) is 10.9 Å². The molecule has 1 aliphatic heterocycles. The van der Waals surface area contributed by atoms with Gasteiger partial charge in [0, 0.05) is 29.9 Å². The van der Waals surface area contributed by atoms with Crippen molar-refractivity contribution in [1.29, 1.82) is 0 Å². The molecule has 6 nitrogen and oxygen atoms in total. The molecule has 0 amide bonds. The van der Waals surface area contributed by atoms with Gasteiger partial charge in [0.05, 0.1) is 5.52 Å². The third-order valence-electron chi connectivity index (χ3n) is 6.45. The van der Waals surface area contributed by atoms with Crippen molar-refractivity contribution in [3.05, 3.63) is 42.9 Å². The first-order valence-corrected chi connectivity index (χ1v) is 10.3. The zero-order valence-corrected chi connectivity index (χ0v) is 17.3. The molecular weight excluding hydrogens is 360 g/mol. The first-order chi connectivity index (χ1) is 13.8. The molecule has 2 atom stereocenters. The second-order valence-corrected chi connectivity index (χ2v) is 9.80. The summed E-state index contributed by atoms with van der Waals surface area (Å²) in [5.41, 5.74) is 9.77. The van der Waals surface area contributed by atoms with Gasteiger partial charge in [-0.1, -0.05) is 26.8 Å². The Morgan fingerprint density at radius 3 is 2.79 bits per heavy atom. The zero-order chi connectivity index (χ0) is 20.2. The first-order valence-electron chi connectivity index (χ1n) is 10.3. The van der Waals surface area contributed by atoms with Crippen molar-refractivity contribution in [2.24, 2.45) is 10.8 Å². The van der Waals surface area contributed by atoms with E-state index in [1.54, 1.807) is 12.5 Å². The molecule has 3 aromatic rings. The number of nitrogens with one attached hydrogen (secondary N) is 1. The SMILES string of the molecule is CC1(C)CC2CC(C)(CN2c2ncnc(Nc3cccc4ncccc34)c2N)C1. The van der Waals surface area contributed by atoms with Gasteiger partial charge in [-0.25, -0.2) is 9.97 Å². The molecule has 1 saturated heterocycles. The van der Waals surface area contributed by atoms with Gasteiger partial charge in [0.15, 0.2) is 11.6 Å². The van der Waals surface area contributed by atoms with Crippen LogP contribution in [0.15, 0.2) is 42.9 Å². The Balaban J connectivity index is 1.50. The van der Waals surface area contributed by atoms with Crippen LogP contribution in [0, 0.1) is 10.8 Å². The molecule has 6 heteroatoms. The first kappa shape index (κ1) is 18.2. The number of benzene rings is 1. The summed E-state index contributed by atoms with van der Waals surface area (Å²) < 4.78 is 0. The van der Waals surface area contributed by atoms with Crippen molar-refractivity contribution in [2.75, 3.05) is 22.5 Å². The van der Waals surface area contributed by atoms with Gasteiger partial charge in [0.25, 0.3) is 0 Å². The molecule has 0 radical (unpaired) electrons. The van der Waals surface area contributed by atoms with E-state index in [-0.39, 0.29) is 0 Å². The molecule has 5 rings (SSSR count). The lowest BCUT2D eigenvalue weighted by Gasteiger charge is -2.39. The van der Waals surface area contributed by atoms with Gasteiger partial charge in [-0.3, -0.25) is 4.98 Å². The molecule has 1 saturated carbocycles. The van der Waals surface area contributed by atoms with Crippen LogP contribution >= 0.6 is 0 Å². The van der Waals surface area contributed by atoms with E-state index >= 15 is 0 Å². The van der Waals surface area contributed by atoms with Crippen LogP contribution in [0.4, 0.5) is 23.0 Å². The quantitative estimate of drug-likeness (QED) is 0.674. The van der Waals surface area contributed by atoms with Crippen molar-refractivity contribution >= 4 is 33.9 Å². The highest BCUT2D eigenvalue weighted by Gasteiger charge is 2.50. The molecule has 0 spiro atoms. The second kappa shape index (κ2) is 6.31. The average molecular weight is 389 g/mol. The van der Waals surface area contributed by atoms with Gasteiger partial charge < -0.3 is 16.0 Å². The molecule has 2 aliphatic rings. The van der Waals surface area contributed by atoms with Crippen molar-refractivity contribution in [2.45, 2.75) is 46.1 Å². The highest BCUT2D eigenvalue weighted by molar-refractivity contribution is 5.94. The van der Waals surface area contributed by atoms with Gasteiger partial charge in [0.1, 0.15) is 12.0 Å². The normalized spacial score (nSPS) is 25.3. The van der Waals surface area contributed by atoms with Crippen LogP contribution in [-0.4, -0.2) is 27.5 Å². The molecule has 1 aromatic carbocycles. The van der Waals surface area contributed by atoms with Crippen LogP contribution in [0.3, 0.4) is 0 Å². The standard InChI is InChI=1S/C23H28N6/c1-22(2)10-15-11-23(3,12-22)13-29(15)21-19(24)20(26-14-27-21)28-18-8-4-7-17-16(18)6-5-9-25-17/h4-9,14-15H,10-13,24H2,1-3H3,(H,26,27,28). The molecule has 29 heavy (non-hydrogen) atoms. The molecule has 3 heterocycles. The Morgan fingerprint density at radius 1 is 1.07 bits per heavy atom. The Hall–Kier alpha value is -2.89. The summed E-state index contributed by atoms with van der Waals surface area (Å²) in [5, 5.41) is 4.46. The number of nitrogens with two attached hydrogens (primary N) is 1. The number of hydrogen-bond acceptors (Lipinski definition) is 6. The summed E-state index contributed by atoms with van der Waals surface area (Å²) in [7, 11) is 0. The van der Waals surface area contributed by atoms with Gasteiger partial charge in [-0.05, 0) is 54.4 Å². The number of nitrogen functional groups attached to an aromatic ring is 1. The maximum atomic E-state index is 6.60. The summed E-state index contributed by atoms with van der Waals surface area (Å²) in [6.45, 7) is 8.16. The molecule has 2 aromatic heterocycles. The average Bonchev–Trinajstić information content (AvgIpc) is 2.92. The zero-order valence-electron chi connectivity index (χ0n) is 17.3. The number of aromatic nitrogens is 3. The maximum Gasteiger partial charge on any atom is 0.159 e. The highest BCUT2D eigenvalue weighted by Crippen LogP contribution is 2.54. The summed E-state index contributed by atoms with van der Waals surface area (Å²) in [4.78, 5) is 15.9. The third kappa shape index (κ3) is 3.16. The topological polar surface area (TPSA) is 80.0 Å². The number of fused-ring (bicyclic) bond motifs is 3. The van der Waals surface area contributed by atoms with Crippen molar-refractivity contribution in [1.82, 2.24) is 15.0 Å².